The van der Waals surface area contributed by atoms with Crippen LogP contribution in [0.4, 0.5) is 8.78 Å². The molecule has 0 bridgehead atoms. The normalized spacial score (nSPS) is 13.7. The Balaban J connectivity index is 1.55. The zero-order valence-corrected chi connectivity index (χ0v) is 16.0. The van der Waals surface area contributed by atoms with Crippen molar-refractivity contribution in [1.82, 2.24) is 14.6 Å². The molecule has 0 spiro atoms. The molecule has 0 unspecified atom stereocenters. The number of ether oxygens (including phenoxy) is 2. The first-order chi connectivity index (χ1) is 14.7. The Kier molecular flexibility index (Phi) is 4.78. The number of fused-ring (bicyclic) bond motifs is 1. The van der Waals surface area contributed by atoms with E-state index in [0.717, 1.165) is 35.4 Å². The van der Waals surface area contributed by atoms with Crippen LogP contribution in [0, 0.1) is 5.92 Å². The largest absolute Gasteiger partial charge is 0.489 e. The summed E-state index contributed by atoms with van der Waals surface area (Å²) in [5.41, 5.74) is 4.04. The molecule has 0 N–H and O–H groups in total. The average Bonchev–Trinajstić information content (AvgIpc) is 3.48. The molecule has 5 nitrogen and oxygen atoms in total. The molecule has 1 fully saturated rings. The maximum Gasteiger partial charge on any atom is 0.387 e. The van der Waals surface area contributed by atoms with E-state index in [1.165, 1.54) is 6.07 Å². The minimum atomic E-state index is -2.91. The van der Waals surface area contributed by atoms with Crippen LogP contribution in [0.5, 0.6) is 11.5 Å². The van der Waals surface area contributed by atoms with Crippen molar-refractivity contribution >= 4 is 5.65 Å². The molecular weight excluding hydrogens is 388 g/mol. The van der Waals surface area contributed by atoms with Gasteiger partial charge < -0.3 is 9.47 Å². The van der Waals surface area contributed by atoms with Gasteiger partial charge in [0, 0.05) is 23.4 Å². The topological polar surface area (TPSA) is 48.7 Å². The number of hydrogen-bond acceptors (Lipinski definition) is 4. The highest BCUT2D eigenvalue weighted by Gasteiger charge is 2.23. The third-order valence-electron chi connectivity index (χ3n) is 5.05. The van der Waals surface area contributed by atoms with Crippen molar-refractivity contribution in [3.63, 3.8) is 0 Å². The van der Waals surface area contributed by atoms with E-state index in [9.17, 15) is 8.78 Å². The second-order valence-corrected chi connectivity index (χ2v) is 7.29. The lowest BCUT2D eigenvalue weighted by molar-refractivity contribution is -0.0515. The summed E-state index contributed by atoms with van der Waals surface area (Å²) in [6, 6.07) is 18.5. The highest BCUT2D eigenvalue weighted by atomic mass is 19.3. The van der Waals surface area contributed by atoms with E-state index in [2.05, 4.69) is 9.72 Å². The van der Waals surface area contributed by atoms with Crippen LogP contribution in [0.2, 0.25) is 0 Å². The van der Waals surface area contributed by atoms with Gasteiger partial charge in [-0.15, -0.1) is 0 Å². The number of alkyl halides is 2. The standard InChI is InChI=1S/C23H19F2N3O2/c24-23(25)30-20-9-8-17(12-21(20)29-14-15-6-7-15)19-10-11-26-22-13-18(27-28(19)22)16-4-2-1-3-5-16/h1-5,8-13,15,23H,6-7,14H2. The molecule has 2 aromatic heterocycles. The molecule has 2 heterocycles. The summed E-state index contributed by atoms with van der Waals surface area (Å²) in [5.74, 6) is 0.825. The van der Waals surface area contributed by atoms with Crippen LogP contribution in [0.3, 0.4) is 0 Å². The van der Waals surface area contributed by atoms with Gasteiger partial charge >= 0.3 is 6.61 Å². The molecular formula is C23H19F2N3O2. The summed E-state index contributed by atoms with van der Waals surface area (Å²) in [5, 5.41) is 4.71. The van der Waals surface area contributed by atoms with Gasteiger partial charge in [0.25, 0.3) is 0 Å². The van der Waals surface area contributed by atoms with E-state index < -0.39 is 6.61 Å². The van der Waals surface area contributed by atoms with Gasteiger partial charge in [-0.05, 0) is 43.0 Å². The van der Waals surface area contributed by atoms with Crippen molar-refractivity contribution in [2.24, 2.45) is 5.92 Å². The molecule has 1 aliphatic carbocycles. The van der Waals surface area contributed by atoms with E-state index >= 15 is 0 Å². The second kappa shape index (κ2) is 7.74. The molecule has 1 aliphatic rings. The van der Waals surface area contributed by atoms with E-state index in [-0.39, 0.29) is 5.75 Å². The second-order valence-electron chi connectivity index (χ2n) is 7.29. The number of halogens is 2. The lowest BCUT2D eigenvalue weighted by Crippen LogP contribution is -2.06. The first kappa shape index (κ1) is 18.5. The number of nitrogens with zero attached hydrogens (tertiary/aromatic N) is 3. The van der Waals surface area contributed by atoms with Crippen molar-refractivity contribution in [1.29, 1.82) is 0 Å². The summed E-state index contributed by atoms with van der Waals surface area (Å²) >= 11 is 0. The van der Waals surface area contributed by atoms with Crippen LogP contribution in [0.15, 0.2) is 66.9 Å². The zero-order valence-electron chi connectivity index (χ0n) is 16.0. The molecule has 5 rings (SSSR count). The Labute approximate surface area is 171 Å². The van der Waals surface area contributed by atoms with Gasteiger partial charge in [0.1, 0.15) is 0 Å². The Bertz CT molecular complexity index is 1170. The van der Waals surface area contributed by atoms with Crippen molar-refractivity contribution in [2.45, 2.75) is 19.5 Å². The Morgan fingerprint density at radius 3 is 2.57 bits per heavy atom. The van der Waals surface area contributed by atoms with Crippen molar-refractivity contribution in [3.05, 3.63) is 66.9 Å². The minimum absolute atomic E-state index is 0.0325. The van der Waals surface area contributed by atoms with E-state index in [0.29, 0.717) is 23.9 Å². The molecule has 152 valence electrons. The first-order valence-electron chi connectivity index (χ1n) is 9.79. The predicted molar refractivity (Wildman–Crippen MR) is 109 cm³/mol. The van der Waals surface area contributed by atoms with Crippen LogP contribution in [0.25, 0.3) is 28.2 Å². The third-order valence-corrected chi connectivity index (χ3v) is 5.05. The fourth-order valence-electron chi connectivity index (χ4n) is 3.33. The molecule has 4 aromatic rings. The number of rotatable bonds is 7. The van der Waals surface area contributed by atoms with Gasteiger partial charge in [0.15, 0.2) is 17.1 Å². The fraction of sp³-hybridized carbons (Fsp3) is 0.217. The average molecular weight is 407 g/mol. The first-order valence-corrected chi connectivity index (χ1v) is 9.79. The SMILES string of the molecule is FC(F)Oc1ccc(-c2ccnc3cc(-c4ccccc4)nn23)cc1OCC1CC1. The summed E-state index contributed by atoms with van der Waals surface area (Å²) < 4.78 is 37.8. The summed E-state index contributed by atoms with van der Waals surface area (Å²) in [6.07, 6.45) is 3.91. The predicted octanol–water partition coefficient (Wildman–Crippen LogP) is 5.45. The number of benzene rings is 2. The number of hydrogen-bond donors (Lipinski definition) is 0. The van der Waals surface area contributed by atoms with E-state index in [4.69, 9.17) is 9.84 Å². The fourth-order valence-corrected chi connectivity index (χ4v) is 3.33. The van der Waals surface area contributed by atoms with Crippen molar-refractivity contribution in [2.75, 3.05) is 6.61 Å². The molecule has 0 aliphatic heterocycles. The molecule has 1 saturated carbocycles. The quantitative estimate of drug-likeness (QED) is 0.409. The zero-order chi connectivity index (χ0) is 20.5. The van der Waals surface area contributed by atoms with Crippen LogP contribution in [0.1, 0.15) is 12.8 Å². The molecule has 0 saturated heterocycles. The Morgan fingerprint density at radius 1 is 0.967 bits per heavy atom. The summed E-state index contributed by atoms with van der Waals surface area (Å²) in [7, 11) is 0. The minimum Gasteiger partial charge on any atom is -0.489 e. The van der Waals surface area contributed by atoms with E-state index in [1.54, 1.807) is 22.8 Å². The summed E-state index contributed by atoms with van der Waals surface area (Å²) in [6.45, 7) is -2.42. The van der Waals surface area contributed by atoms with Crippen molar-refractivity contribution < 1.29 is 18.3 Å². The van der Waals surface area contributed by atoms with E-state index in [1.807, 2.05) is 42.5 Å². The van der Waals surface area contributed by atoms with Crippen LogP contribution in [-0.4, -0.2) is 27.8 Å². The maximum atomic E-state index is 12.8. The van der Waals surface area contributed by atoms with Gasteiger partial charge in [0.05, 0.1) is 18.0 Å². The molecule has 0 amide bonds. The monoisotopic (exact) mass is 407 g/mol. The molecule has 7 heteroatoms. The molecule has 0 atom stereocenters. The van der Waals surface area contributed by atoms with Crippen molar-refractivity contribution in [3.8, 4) is 34.0 Å². The molecule has 2 aromatic carbocycles. The van der Waals surface area contributed by atoms with Crippen LogP contribution in [-0.2, 0) is 0 Å². The van der Waals surface area contributed by atoms with Crippen LogP contribution >= 0.6 is 0 Å². The third kappa shape index (κ3) is 3.83. The lowest BCUT2D eigenvalue weighted by Gasteiger charge is -2.14. The lowest BCUT2D eigenvalue weighted by atomic mass is 10.1. The highest BCUT2D eigenvalue weighted by molar-refractivity contribution is 5.70. The highest BCUT2D eigenvalue weighted by Crippen LogP contribution is 2.36. The Morgan fingerprint density at radius 2 is 1.80 bits per heavy atom. The van der Waals surface area contributed by atoms with Gasteiger partial charge in [-0.1, -0.05) is 30.3 Å². The smallest absolute Gasteiger partial charge is 0.387 e. The Hall–Kier alpha value is -3.48. The van der Waals surface area contributed by atoms with Gasteiger partial charge in [0.2, 0.25) is 0 Å². The van der Waals surface area contributed by atoms with Gasteiger partial charge in [-0.3, -0.25) is 0 Å². The molecule has 0 radical (unpaired) electrons. The maximum absolute atomic E-state index is 12.8. The molecule has 30 heavy (non-hydrogen) atoms. The number of aromatic nitrogens is 3. The van der Waals surface area contributed by atoms with Gasteiger partial charge in [-0.2, -0.15) is 13.9 Å². The van der Waals surface area contributed by atoms with Crippen LogP contribution < -0.4 is 9.47 Å². The van der Waals surface area contributed by atoms with Gasteiger partial charge in [-0.25, -0.2) is 9.50 Å². The summed E-state index contributed by atoms with van der Waals surface area (Å²) in [4.78, 5) is 4.41.